The van der Waals surface area contributed by atoms with E-state index in [2.05, 4.69) is 14.7 Å². The van der Waals surface area contributed by atoms with E-state index >= 15 is 0 Å². The van der Waals surface area contributed by atoms with Crippen LogP contribution in [0.25, 0.3) is 11.4 Å². The second-order valence-electron chi connectivity index (χ2n) is 9.78. The van der Waals surface area contributed by atoms with Crippen LogP contribution in [0.2, 0.25) is 0 Å². The highest BCUT2D eigenvalue weighted by Gasteiger charge is 2.36. The van der Waals surface area contributed by atoms with Crippen LogP contribution in [0.15, 0.2) is 57.0 Å². The van der Waals surface area contributed by atoms with Gasteiger partial charge in [0.05, 0.1) is 29.5 Å². The van der Waals surface area contributed by atoms with Crippen molar-refractivity contribution in [3.8, 4) is 11.4 Å². The van der Waals surface area contributed by atoms with Gasteiger partial charge in [0.2, 0.25) is 0 Å². The molecular weight excluding hydrogens is 539 g/mol. The Hall–Kier alpha value is -4.00. The standard InChI is InChI=1S/C27H25F5N4O4/c28-20-11-15(12-21(29)22(20)25-34-26(38)40-35-25)36-9-7-16(8-10-36)39-13-18(24(37)14-5-6-14)23(33)17-3-1-2-4-19(17)27(30,31)32/h1-4,11-12,14,16,33,37H,5-10,13H2,(H,34,35,38)/b24-18-,33-23?. The van der Waals surface area contributed by atoms with Crippen LogP contribution in [0, 0.1) is 23.0 Å². The molecule has 0 radical (unpaired) electrons. The fraction of sp³-hybridized carbons (Fsp3) is 0.370. The van der Waals surface area contributed by atoms with Crippen molar-refractivity contribution in [3.05, 3.63) is 81.0 Å². The molecule has 0 spiro atoms. The number of aliphatic hydroxyl groups is 1. The third-order valence-corrected chi connectivity index (χ3v) is 7.05. The van der Waals surface area contributed by atoms with Gasteiger partial charge in [-0.1, -0.05) is 23.4 Å². The molecule has 40 heavy (non-hydrogen) atoms. The lowest BCUT2D eigenvalue weighted by atomic mass is 9.95. The number of aromatic amines is 1. The molecule has 1 aliphatic heterocycles. The van der Waals surface area contributed by atoms with Gasteiger partial charge in [0, 0.05) is 35.8 Å². The molecule has 2 fully saturated rings. The molecule has 2 heterocycles. The van der Waals surface area contributed by atoms with Gasteiger partial charge in [-0.05, 0) is 43.9 Å². The molecule has 8 nitrogen and oxygen atoms in total. The van der Waals surface area contributed by atoms with Gasteiger partial charge in [0.15, 0.2) is 5.82 Å². The zero-order chi connectivity index (χ0) is 28.6. The SMILES string of the molecule is N=C(/C(COC1CCN(c2cc(F)c(-c3noc(=O)[nH]3)c(F)c2)CC1)=C(\O)C1CC1)c1ccccc1C(F)(F)F. The van der Waals surface area contributed by atoms with Gasteiger partial charge in [-0.15, -0.1) is 0 Å². The molecule has 3 aromatic rings. The number of benzene rings is 2. The summed E-state index contributed by atoms with van der Waals surface area (Å²) < 4.78 is 80.4. The lowest BCUT2D eigenvalue weighted by molar-refractivity contribution is -0.137. The normalized spacial score (nSPS) is 17.2. The van der Waals surface area contributed by atoms with Gasteiger partial charge in [-0.3, -0.25) is 14.9 Å². The van der Waals surface area contributed by atoms with E-state index in [1.54, 1.807) is 4.90 Å². The Balaban J connectivity index is 1.26. The summed E-state index contributed by atoms with van der Waals surface area (Å²) >= 11 is 0. The van der Waals surface area contributed by atoms with Crippen LogP contribution in [-0.2, 0) is 10.9 Å². The Morgan fingerprint density at radius 1 is 1.12 bits per heavy atom. The molecule has 0 unspecified atom stereocenters. The van der Waals surface area contributed by atoms with Crippen molar-refractivity contribution < 1.29 is 36.3 Å². The molecule has 1 saturated heterocycles. The van der Waals surface area contributed by atoms with Crippen molar-refractivity contribution in [3.63, 3.8) is 0 Å². The lowest BCUT2D eigenvalue weighted by Crippen LogP contribution is -2.37. The number of aliphatic hydroxyl groups excluding tert-OH is 1. The van der Waals surface area contributed by atoms with Gasteiger partial charge >= 0.3 is 11.9 Å². The zero-order valence-corrected chi connectivity index (χ0v) is 21.0. The second kappa shape index (κ2) is 10.9. The van der Waals surface area contributed by atoms with Crippen molar-refractivity contribution in [2.45, 2.75) is 38.0 Å². The van der Waals surface area contributed by atoms with Crippen LogP contribution in [0.3, 0.4) is 0 Å². The summed E-state index contributed by atoms with van der Waals surface area (Å²) in [5.74, 6) is -3.49. The largest absolute Gasteiger partial charge is 0.512 e. The average molecular weight is 565 g/mol. The Bertz CT molecular complexity index is 1480. The van der Waals surface area contributed by atoms with E-state index in [-0.39, 0.29) is 47.0 Å². The number of nitrogens with one attached hydrogen (secondary N) is 2. The van der Waals surface area contributed by atoms with Crippen LogP contribution in [0.4, 0.5) is 27.6 Å². The van der Waals surface area contributed by atoms with Crippen molar-refractivity contribution in [1.29, 1.82) is 5.41 Å². The van der Waals surface area contributed by atoms with Gasteiger partial charge < -0.3 is 14.7 Å². The van der Waals surface area contributed by atoms with E-state index in [1.165, 1.54) is 18.2 Å². The monoisotopic (exact) mass is 564 g/mol. The predicted octanol–water partition coefficient (Wildman–Crippen LogP) is 5.60. The minimum Gasteiger partial charge on any atom is -0.512 e. The third-order valence-electron chi connectivity index (χ3n) is 7.05. The maximum Gasteiger partial charge on any atom is 0.439 e. The summed E-state index contributed by atoms with van der Waals surface area (Å²) in [6.45, 7) is 0.489. The molecule has 0 bridgehead atoms. The maximum atomic E-state index is 14.7. The number of halogens is 5. The van der Waals surface area contributed by atoms with Crippen LogP contribution in [0.1, 0.15) is 36.8 Å². The Labute approximate surface area is 224 Å². The maximum absolute atomic E-state index is 14.7. The summed E-state index contributed by atoms with van der Waals surface area (Å²) in [5, 5.41) is 22.6. The first-order valence-corrected chi connectivity index (χ1v) is 12.6. The Kier molecular flexibility index (Phi) is 7.49. The van der Waals surface area contributed by atoms with Crippen LogP contribution in [0.5, 0.6) is 0 Å². The first kappa shape index (κ1) is 27.6. The van der Waals surface area contributed by atoms with E-state index in [1.807, 2.05) is 0 Å². The van der Waals surface area contributed by atoms with Gasteiger partial charge in [-0.25, -0.2) is 13.6 Å². The third kappa shape index (κ3) is 5.79. The van der Waals surface area contributed by atoms with E-state index in [0.717, 1.165) is 18.2 Å². The van der Waals surface area contributed by atoms with Crippen molar-refractivity contribution in [1.82, 2.24) is 10.1 Å². The van der Waals surface area contributed by atoms with E-state index in [0.29, 0.717) is 38.8 Å². The Morgan fingerprint density at radius 3 is 2.35 bits per heavy atom. The number of hydrogen-bond donors (Lipinski definition) is 3. The number of H-pyrrole nitrogens is 1. The molecule has 1 aliphatic carbocycles. The smallest absolute Gasteiger partial charge is 0.439 e. The van der Waals surface area contributed by atoms with Gasteiger partial charge in [0.25, 0.3) is 0 Å². The van der Waals surface area contributed by atoms with E-state index in [4.69, 9.17) is 10.1 Å². The highest BCUT2D eigenvalue weighted by Crippen LogP contribution is 2.39. The molecule has 2 aliphatic rings. The zero-order valence-electron chi connectivity index (χ0n) is 21.0. The highest BCUT2D eigenvalue weighted by molar-refractivity contribution is 6.12. The first-order chi connectivity index (χ1) is 19.0. The van der Waals surface area contributed by atoms with Crippen LogP contribution < -0.4 is 10.7 Å². The number of ether oxygens (including phenoxy) is 1. The Morgan fingerprint density at radius 2 is 1.77 bits per heavy atom. The number of rotatable bonds is 8. The second-order valence-corrected chi connectivity index (χ2v) is 9.78. The minimum absolute atomic E-state index is 0.0206. The fourth-order valence-electron chi connectivity index (χ4n) is 4.78. The highest BCUT2D eigenvalue weighted by atomic mass is 19.4. The molecule has 13 heteroatoms. The molecule has 5 rings (SSSR count). The first-order valence-electron chi connectivity index (χ1n) is 12.6. The molecule has 0 amide bonds. The number of aromatic nitrogens is 2. The van der Waals surface area contributed by atoms with E-state index < -0.39 is 40.4 Å². The molecule has 1 saturated carbocycles. The summed E-state index contributed by atoms with van der Waals surface area (Å²) in [6.07, 6.45) is -2.78. The number of anilines is 1. The molecule has 2 aromatic carbocycles. The molecule has 1 aromatic heterocycles. The number of hydrogen-bond acceptors (Lipinski definition) is 7. The number of nitrogens with zero attached hydrogens (tertiary/aromatic N) is 2. The van der Waals surface area contributed by atoms with Crippen molar-refractivity contribution >= 4 is 11.4 Å². The summed E-state index contributed by atoms with van der Waals surface area (Å²) in [6, 6.07) is 7.00. The quantitative estimate of drug-likeness (QED) is 0.186. The number of piperidine rings is 1. The van der Waals surface area contributed by atoms with E-state index in [9.17, 15) is 31.9 Å². The van der Waals surface area contributed by atoms with Gasteiger partial charge in [-0.2, -0.15) is 13.2 Å². The molecular formula is C27H25F5N4O4. The summed E-state index contributed by atoms with van der Waals surface area (Å²) in [7, 11) is 0. The minimum atomic E-state index is -4.67. The van der Waals surface area contributed by atoms with Crippen molar-refractivity contribution in [2.75, 3.05) is 24.6 Å². The fourth-order valence-corrected chi connectivity index (χ4v) is 4.78. The van der Waals surface area contributed by atoms with Crippen molar-refractivity contribution in [2.24, 2.45) is 5.92 Å². The summed E-state index contributed by atoms with van der Waals surface area (Å²) in [4.78, 5) is 15.0. The van der Waals surface area contributed by atoms with Crippen LogP contribution >= 0.6 is 0 Å². The predicted molar refractivity (Wildman–Crippen MR) is 134 cm³/mol. The molecule has 212 valence electrons. The molecule has 3 N–H and O–H groups in total. The average Bonchev–Trinajstić information content (AvgIpc) is 3.69. The number of alkyl halides is 3. The topological polar surface area (TPSA) is 115 Å². The van der Waals surface area contributed by atoms with Crippen LogP contribution in [-0.4, -0.2) is 46.8 Å². The summed E-state index contributed by atoms with van der Waals surface area (Å²) in [5.41, 5.74) is -1.95. The molecule has 0 atom stereocenters. The van der Waals surface area contributed by atoms with Gasteiger partial charge in [0.1, 0.15) is 17.4 Å². The number of allylic oxidation sites excluding steroid dienone is 1. The lowest BCUT2D eigenvalue weighted by Gasteiger charge is -2.34.